The number of pyridine rings is 1. The molecule has 2 atom stereocenters. The third-order valence-corrected chi connectivity index (χ3v) is 5.94. The summed E-state index contributed by atoms with van der Waals surface area (Å²) in [5.41, 5.74) is 9.11. The highest BCUT2D eigenvalue weighted by Gasteiger charge is 2.36. The molecule has 1 amide bonds. The maximum Gasteiger partial charge on any atom is 0.274 e. The number of carbonyl (C=O) groups excluding carboxylic acids is 1. The van der Waals surface area contributed by atoms with Crippen molar-refractivity contribution in [1.82, 2.24) is 19.7 Å². The number of halogens is 2. The lowest BCUT2D eigenvalue weighted by atomic mass is 9.95. The molecule has 160 valence electrons. The van der Waals surface area contributed by atoms with Crippen molar-refractivity contribution in [1.29, 1.82) is 0 Å². The number of aryl methyl sites for hydroxylation is 1. The highest BCUT2D eigenvalue weighted by molar-refractivity contribution is 6.05. The molecular weight excluding hydrogens is 425 g/mol. The molecule has 1 aliphatic carbocycles. The Morgan fingerprint density at radius 2 is 1.87 bits per heavy atom. The molecule has 1 saturated heterocycles. The Morgan fingerprint density at radius 3 is 2.53 bits per heavy atom. The second-order valence-corrected chi connectivity index (χ2v) is 7.96. The molecule has 2 aromatic heterocycles. The summed E-state index contributed by atoms with van der Waals surface area (Å²) in [7, 11) is 1.75. The maximum absolute atomic E-state index is 13.4. The molecule has 0 radical (unpaired) electrons. The van der Waals surface area contributed by atoms with Gasteiger partial charge in [0.1, 0.15) is 0 Å². The van der Waals surface area contributed by atoms with Crippen LogP contribution >= 0.6 is 24.8 Å². The summed E-state index contributed by atoms with van der Waals surface area (Å²) in [6.07, 6.45) is 2.16. The summed E-state index contributed by atoms with van der Waals surface area (Å²) in [5.74, 6) is 0.346. The van der Waals surface area contributed by atoms with Crippen LogP contribution in [-0.2, 0) is 7.05 Å². The zero-order valence-electron chi connectivity index (χ0n) is 16.6. The van der Waals surface area contributed by atoms with Crippen molar-refractivity contribution in [2.45, 2.75) is 30.7 Å². The van der Waals surface area contributed by atoms with E-state index in [4.69, 9.17) is 5.73 Å². The second-order valence-electron chi connectivity index (χ2n) is 7.96. The Kier molecular flexibility index (Phi) is 6.26. The van der Waals surface area contributed by atoms with Gasteiger partial charge in [-0.05, 0) is 24.5 Å². The van der Waals surface area contributed by atoms with Crippen molar-refractivity contribution < 1.29 is 4.79 Å². The zero-order chi connectivity index (χ0) is 19.4. The fourth-order valence-electron chi connectivity index (χ4n) is 4.25. The van der Waals surface area contributed by atoms with Crippen molar-refractivity contribution in [3.8, 4) is 0 Å². The first kappa shape index (κ1) is 22.3. The van der Waals surface area contributed by atoms with Crippen LogP contribution in [0.2, 0.25) is 0 Å². The number of nitrogens with zero attached hydrogens (tertiary/aromatic N) is 3. The largest absolute Gasteiger partial charge is 0.336 e. The smallest absolute Gasteiger partial charge is 0.274 e. The number of hydrogen-bond acceptors (Lipinski definition) is 4. The highest BCUT2D eigenvalue weighted by Crippen LogP contribution is 2.40. The molecule has 9 heteroatoms. The molecule has 1 saturated carbocycles. The normalized spacial score (nSPS) is 20.7. The standard InChI is InChI=1S/C21H23N5O2.2ClH/c1-25-19-18(20(27)24-25)14(9-17(23-19)13-7-8-13)21(28)26-10-15(16(22)11-26)12-5-3-2-4-6-12;;/h2-6,9,13,15-16H,7-8,10-11,22H2,1H3,(H,24,27);2*1H/t15-,16+;;/m0../s1. The summed E-state index contributed by atoms with van der Waals surface area (Å²) >= 11 is 0. The van der Waals surface area contributed by atoms with Crippen LogP contribution in [0, 0.1) is 0 Å². The molecule has 3 heterocycles. The van der Waals surface area contributed by atoms with Gasteiger partial charge in [-0.25, -0.2) is 4.98 Å². The summed E-state index contributed by atoms with van der Waals surface area (Å²) in [4.78, 5) is 32.3. The number of H-pyrrole nitrogens is 1. The molecule has 0 spiro atoms. The predicted molar refractivity (Wildman–Crippen MR) is 121 cm³/mol. The van der Waals surface area contributed by atoms with Crippen LogP contribution in [0.4, 0.5) is 0 Å². The summed E-state index contributed by atoms with van der Waals surface area (Å²) in [6, 6.07) is 11.8. The van der Waals surface area contributed by atoms with E-state index in [-0.39, 0.29) is 48.2 Å². The number of benzene rings is 1. The molecular formula is C21H25Cl2N5O2. The topological polar surface area (TPSA) is 97.0 Å². The molecule has 0 unspecified atom stereocenters. The number of fused-ring (bicyclic) bond motifs is 1. The number of nitrogens with one attached hydrogen (secondary N) is 1. The van der Waals surface area contributed by atoms with Gasteiger partial charge in [0.2, 0.25) is 0 Å². The van der Waals surface area contributed by atoms with E-state index in [0.29, 0.717) is 35.6 Å². The summed E-state index contributed by atoms with van der Waals surface area (Å²) < 4.78 is 1.60. The van der Waals surface area contributed by atoms with Crippen LogP contribution in [0.25, 0.3) is 11.0 Å². The Hall–Kier alpha value is -2.35. The molecule has 3 N–H and O–H groups in total. The molecule has 1 aliphatic heterocycles. The molecule has 3 aromatic rings. The minimum absolute atomic E-state index is 0. The number of nitrogens with two attached hydrogens (primary N) is 1. The Morgan fingerprint density at radius 1 is 1.17 bits per heavy atom. The number of aromatic nitrogens is 3. The van der Waals surface area contributed by atoms with Gasteiger partial charge in [0.25, 0.3) is 11.5 Å². The van der Waals surface area contributed by atoms with E-state index >= 15 is 0 Å². The fourth-order valence-corrected chi connectivity index (χ4v) is 4.25. The Labute approximate surface area is 186 Å². The Balaban J connectivity index is 0.00000128. The van der Waals surface area contributed by atoms with Crippen molar-refractivity contribution in [2.75, 3.05) is 13.1 Å². The van der Waals surface area contributed by atoms with Gasteiger partial charge in [-0.1, -0.05) is 30.3 Å². The molecule has 30 heavy (non-hydrogen) atoms. The van der Waals surface area contributed by atoms with Crippen molar-refractivity contribution in [3.63, 3.8) is 0 Å². The summed E-state index contributed by atoms with van der Waals surface area (Å²) in [6.45, 7) is 1.03. The zero-order valence-corrected chi connectivity index (χ0v) is 18.2. The van der Waals surface area contributed by atoms with Crippen LogP contribution in [0.3, 0.4) is 0 Å². The summed E-state index contributed by atoms with van der Waals surface area (Å²) in [5, 5.41) is 3.10. The van der Waals surface area contributed by atoms with E-state index in [2.05, 4.69) is 22.2 Å². The average Bonchev–Trinajstić information content (AvgIpc) is 3.42. The van der Waals surface area contributed by atoms with Gasteiger partial charge in [0.15, 0.2) is 5.65 Å². The first-order chi connectivity index (χ1) is 13.5. The number of carbonyl (C=O) groups is 1. The van der Waals surface area contributed by atoms with Crippen LogP contribution in [0.5, 0.6) is 0 Å². The van der Waals surface area contributed by atoms with Gasteiger partial charge in [0, 0.05) is 43.7 Å². The number of amides is 1. The van der Waals surface area contributed by atoms with Gasteiger partial charge in [-0.2, -0.15) is 0 Å². The van der Waals surface area contributed by atoms with Crippen LogP contribution in [0.1, 0.15) is 46.3 Å². The van der Waals surface area contributed by atoms with Gasteiger partial charge >= 0.3 is 0 Å². The lowest BCUT2D eigenvalue weighted by Gasteiger charge is -2.17. The van der Waals surface area contributed by atoms with Crippen molar-refractivity contribution in [3.05, 3.63) is 63.6 Å². The molecule has 2 aliphatic rings. The molecule has 7 nitrogen and oxygen atoms in total. The predicted octanol–water partition coefficient (Wildman–Crippen LogP) is 2.55. The van der Waals surface area contributed by atoms with Crippen molar-refractivity contribution >= 4 is 41.8 Å². The van der Waals surface area contributed by atoms with Crippen LogP contribution < -0.4 is 11.3 Å². The lowest BCUT2D eigenvalue weighted by molar-refractivity contribution is 0.0791. The van der Waals surface area contributed by atoms with E-state index in [9.17, 15) is 9.59 Å². The van der Waals surface area contributed by atoms with E-state index in [1.807, 2.05) is 24.3 Å². The molecule has 5 rings (SSSR count). The fraction of sp³-hybridized carbons (Fsp3) is 0.381. The van der Waals surface area contributed by atoms with E-state index in [1.54, 1.807) is 16.6 Å². The number of rotatable bonds is 3. The van der Waals surface area contributed by atoms with Crippen LogP contribution in [0.15, 0.2) is 41.2 Å². The quantitative estimate of drug-likeness (QED) is 0.641. The lowest BCUT2D eigenvalue weighted by Crippen LogP contribution is -2.32. The number of aromatic amines is 1. The molecule has 2 fully saturated rings. The SMILES string of the molecule is Cl.Cl.Cn1[nH]c(=O)c2c(C(=O)N3C[C@@H](N)[C@H](c4ccccc4)C3)cc(C3CC3)nc21. The minimum atomic E-state index is -0.279. The third kappa shape index (κ3) is 3.73. The van der Waals surface area contributed by atoms with E-state index in [0.717, 1.165) is 24.1 Å². The molecule has 1 aromatic carbocycles. The second kappa shape index (κ2) is 8.41. The van der Waals surface area contributed by atoms with Crippen molar-refractivity contribution in [2.24, 2.45) is 12.8 Å². The first-order valence-electron chi connectivity index (χ1n) is 9.72. The van der Waals surface area contributed by atoms with Gasteiger partial charge < -0.3 is 10.6 Å². The van der Waals surface area contributed by atoms with Crippen LogP contribution in [-0.4, -0.2) is 44.7 Å². The third-order valence-electron chi connectivity index (χ3n) is 5.94. The maximum atomic E-state index is 13.4. The van der Waals surface area contributed by atoms with E-state index < -0.39 is 0 Å². The van der Waals surface area contributed by atoms with Gasteiger partial charge in [0.05, 0.1) is 10.9 Å². The number of hydrogen-bond donors (Lipinski definition) is 2. The first-order valence-corrected chi connectivity index (χ1v) is 9.72. The number of likely N-dealkylation sites (tertiary alicyclic amines) is 1. The monoisotopic (exact) mass is 449 g/mol. The molecule has 0 bridgehead atoms. The van der Waals surface area contributed by atoms with E-state index in [1.165, 1.54) is 0 Å². The highest BCUT2D eigenvalue weighted by atomic mass is 35.5. The van der Waals surface area contributed by atoms with Gasteiger partial charge in [-0.3, -0.25) is 19.4 Å². The van der Waals surface area contributed by atoms with Gasteiger partial charge in [-0.15, -0.1) is 24.8 Å². The Bertz CT molecular complexity index is 1120. The minimum Gasteiger partial charge on any atom is -0.336 e. The average molecular weight is 450 g/mol.